The first-order valence-electron chi connectivity index (χ1n) is 42.7. The first-order valence-corrected chi connectivity index (χ1v) is 42.7. The highest BCUT2D eigenvalue weighted by molar-refractivity contribution is 5.76. The summed E-state index contributed by atoms with van der Waals surface area (Å²) in [5, 5.41) is 121. The molecule has 3 aliphatic rings. The smallest absolute Gasteiger partial charge is 0.220 e. The molecule has 17 atom stereocenters. The number of hydrogen-bond acceptors (Lipinski definition) is 18. The van der Waals surface area contributed by atoms with E-state index in [9.17, 15) is 61.0 Å². The molecule has 0 radical (unpaired) electrons. The van der Waals surface area contributed by atoms with Gasteiger partial charge in [-0.15, -0.1) is 0 Å². The first kappa shape index (κ1) is 95.2. The lowest BCUT2D eigenvalue weighted by Gasteiger charge is -2.48. The summed E-state index contributed by atoms with van der Waals surface area (Å²) in [6.45, 7) is 1.79. The number of aliphatic hydroxyl groups excluding tert-OH is 11. The van der Waals surface area contributed by atoms with Crippen LogP contribution in [0.1, 0.15) is 361 Å². The molecule has 1 amide bonds. The van der Waals surface area contributed by atoms with Gasteiger partial charge in [0.25, 0.3) is 0 Å². The Bertz CT molecular complexity index is 2000. The molecule has 12 N–H and O–H groups in total. The normalized spacial score (nSPS) is 26.2. The van der Waals surface area contributed by atoms with E-state index in [0.717, 1.165) is 51.4 Å². The van der Waals surface area contributed by atoms with Crippen molar-refractivity contribution in [2.75, 3.05) is 26.4 Å². The number of carbonyl (C=O) groups excluding carboxylic acids is 1. The van der Waals surface area contributed by atoms with Crippen molar-refractivity contribution in [2.45, 2.75) is 465 Å². The molecule has 0 aromatic carbocycles. The number of unbranched alkanes of at least 4 members (excludes halogenated alkanes) is 49. The summed E-state index contributed by atoms with van der Waals surface area (Å²) < 4.78 is 34.5. The van der Waals surface area contributed by atoms with Crippen molar-refractivity contribution in [2.24, 2.45) is 0 Å². The predicted octanol–water partition coefficient (Wildman–Crippen LogP) is 15.1. The van der Waals surface area contributed by atoms with Crippen LogP contribution < -0.4 is 5.32 Å². The zero-order valence-electron chi connectivity index (χ0n) is 65.1. The Balaban J connectivity index is 1.34. The van der Waals surface area contributed by atoms with Crippen molar-refractivity contribution in [3.8, 4) is 0 Å². The minimum atomic E-state index is -1.98. The molecule has 3 heterocycles. The van der Waals surface area contributed by atoms with E-state index in [-0.39, 0.29) is 18.9 Å². The number of rotatable bonds is 69. The van der Waals surface area contributed by atoms with Gasteiger partial charge in [0, 0.05) is 6.42 Å². The van der Waals surface area contributed by atoms with Crippen LogP contribution in [0.25, 0.3) is 0 Å². The highest BCUT2D eigenvalue weighted by Crippen LogP contribution is 2.33. The number of hydrogen-bond donors (Lipinski definition) is 12. The molecule has 0 saturated carbocycles. The van der Waals surface area contributed by atoms with Crippen LogP contribution in [0.2, 0.25) is 0 Å². The fraction of sp³-hybridized carbons (Fsp3) is 0.917. The summed E-state index contributed by atoms with van der Waals surface area (Å²) in [7, 11) is 0. The quantitative estimate of drug-likeness (QED) is 0.0199. The van der Waals surface area contributed by atoms with Crippen molar-refractivity contribution in [1.29, 1.82) is 0 Å². The van der Waals surface area contributed by atoms with Crippen LogP contribution in [0.4, 0.5) is 0 Å². The van der Waals surface area contributed by atoms with Crippen molar-refractivity contribution >= 4 is 5.91 Å². The minimum Gasteiger partial charge on any atom is -0.394 e. The molecule has 3 fully saturated rings. The third-order valence-corrected chi connectivity index (χ3v) is 21.4. The second-order valence-electron chi connectivity index (χ2n) is 30.6. The maximum absolute atomic E-state index is 13.5. The molecule has 0 spiro atoms. The van der Waals surface area contributed by atoms with Gasteiger partial charge in [0.1, 0.15) is 73.2 Å². The molecular weight excluding hydrogens is 1310 g/mol. The zero-order valence-corrected chi connectivity index (χ0v) is 65.1. The van der Waals surface area contributed by atoms with Gasteiger partial charge in [-0.05, 0) is 51.4 Å². The Hall–Kier alpha value is -1.99. The van der Waals surface area contributed by atoms with Crippen LogP contribution in [0.5, 0.6) is 0 Å². The van der Waals surface area contributed by atoms with Gasteiger partial charge in [-0.2, -0.15) is 0 Å². The Kier molecular flexibility index (Phi) is 59.9. The van der Waals surface area contributed by atoms with Gasteiger partial charge in [0.2, 0.25) is 5.91 Å². The van der Waals surface area contributed by atoms with E-state index in [1.54, 1.807) is 6.08 Å². The second kappa shape index (κ2) is 64.8. The summed E-state index contributed by atoms with van der Waals surface area (Å²) in [4.78, 5) is 13.5. The topological polar surface area (TPSA) is 307 Å². The number of amides is 1. The second-order valence-corrected chi connectivity index (χ2v) is 30.6. The Labute approximate surface area is 625 Å². The van der Waals surface area contributed by atoms with E-state index in [1.165, 1.54) is 283 Å². The molecular formula is C84H157NO18. The van der Waals surface area contributed by atoms with Crippen LogP contribution in [0.15, 0.2) is 36.5 Å². The third kappa shape index (κ3) is 44.5. The van der Waals surface area contributed by atoms with E-state index in [4.69, 9.17) is 28.4 Å². The number of aliphatic hydroxyl groups is 11. The molecule has 19 nitrogen and oxygen atoms in total. The number of ether oxygens (including phenoxy) is 6. The Morgan fingerprint density at radius 2 is 0.641 bits per heavy atom. The molecule has 0 aromatic heterocycles. The minimum absolute atomic E-state index is 0.247. The molecule has 606 valence electrons. The van der Waals surface area contributed by atoms with Crippen LogP contribution in [0.3, 0.4) is 0 Å². The van der Waals surface area contributed by atoms with Gasteiger partial charge in [-0.1, -0.05) is 339 Å². The predicted molar refractivity (Wildman–Crippen MR) is 411 cm³/mol. The zero-order chi connectivity index (χ0) is 74.6. The summed E-state index contributed by atoms with van der Waals surface area (Å²) in [5.74, 6) is -0.268. The molecule has 3 saturated heterocycles. The van der Waals surface area contributed by atoms with Crippen molar-refractivity contribution in [3.63, 3.8) is 0 Å². The summed E-state index contributed by atoms with van der Waals surface area (Å²) >= 11 is 0. The summed E-state index contributed by atoms with van der Waals surface area (Å²) in [6.07, 6.45) is 54.2. The first-order chi connectivity index (χ1) is 50.3. The lowest BCUT2D eigenvalue weighted by molar-refractivity contribution is -0.379. The maximum atomic E-state index is 13.5. The van der Waals surface area contributed by atoms with Crippen molar-refractivity contribution in [1.82, 2.24) is 5.32 Å². The molecule has 0 bridgehead atoms. The van der Waals surface area contributed by atoms with Crippen molar-refractivity contribution in [3.05, 3.63) is 36.5 Å². The van der Waals surface area contributed by atoms with E-state index < -0.39 is 124 Å². The summed E-state index contributed by atoms with van der Waals surface area (Å²) in [5.41, 5.74) is 0. The largest absolute Gasteiger partial charge is 0.394 e. The van der Waals surface area contributed by atoms with Gasteiger partial charge in [-0.25, -0.2) is 0 Å². The van der Waals surface area contributed by atoms with Crippen LogP contribution in [-0.2, 0) is 33.2 Å². The monoisotopic (exact) mass is 1470 g/mol. The fourth-order valence-corrected chi connectivity index (χ4v) is 14.6. The van der Waals surface area contributed by atoms with E-state index in [2.05, 4.69) is 43.5 Å². The van der Waals surface area contributed by atoms with Gasteiger partial charge in [0.05, 0.1) is 38.6 Å². The Morgan fingerprint density at radius 1 is 0.350 bits per heavy atom. The SMILES string of the molecule is CCCCCCC/C=C\C/C=C\CCCCCCCCCCCCCCCCCCCCCCCC(=O)NC(COC1OC(CO)C(OC2OC(CO)C(OC3OC(CO)C(O)C(O)C3O)C(O)C2O)C(O)C1O)C(O)/C=C/CCCCCCCCCCCCCCCCCCCCCCCCC. The van der Waals surface area contributed by atoms with Gasteiger partial charge in [0.15, 0.2) is 18.9 Å². The average Bonchev–Trinajstić information content (AvgIpc) is 0.781. The third-order valence-electron chi connectivity index (χ3n) is 21.4. The molecule has 17 unspecified atom stereocenters. The lowest BCUT2D eigenvalue weighted by atomic mass is 9.96. The standard InChI is InChI=1S/C84H157NO18/c1-3-5-7-9-11-13-15-17-19-21-23-25-27-29-30-31-32-33-34-35-36-38-40-42-44-46-48-50-52-54-56-58-60-62-72(90)85-67(68(89)61-59-57-55-53-51-49-47-45-43-41-39-37-28-26-24-22-20-18-16-14-12-10-8-6-4-2)66-98-82-78(96)75(93)80(70(64-87)100-82)103-84-79(97)76(94)81(71(65-88)101-84)102-83-77(95)74(92)73(91)69(63-86)99-83/h15,17,21,23,59,61,67-71,73-84,86-89,91-97H,3-14,16,18-20,22,24-58,60,62-66H2,1-2H3,(H,85,90)/b17-15-,23-21-,61-59+. The van der Waals surface area contributed by atoms with E-state index >= 15 is 0 Å². The van der Waals surface area contributed by atoms with Gasteiger partial charge < -0.3 is 89.9 Å². The lowest BCUT2D eigenvalue weighted by Crippen LogP contribution is -2.66. The number of allylic oxidation sites excluding steroid dienone is 5. The molecule has 19 heteroatoms. The number of nitrogens with one attached hydrogen (secondary N) is 1. The van der Waals surface area contributed by atoms with Crippen LogP contribution in [-0.4, -0.2) is 193 Å². The average molecular weight is 1470 g/mol. The Morgan fingerprint density at radius 3 is 0.990 bits per heavy atom. The molecule has 0 aliphatic carbocycles. The van der Waals surface area contributed by atoms with E-state index in [1.807, 2.05) is 6.08 Å². The van der Waals surface area contributed by atoms with Crippen molar-refractivity contribution < 1.29 is 89.4 Å². The molecule has 3 rings (SSSR count). The molecule has 103 heavy (non-hydrogen) atoms. The molecule has 3 aliphatic heterocycles. The maximum Gasteiger partial charge on any atom is 0.220 e. The van der Waals surface area contributed by atoms with E-state index in [0.29, 0.717) is 6.42 Å². The van der Waals surface area contributed by atoms with Gasteiger partial charge in [-0.3, -0.25) is 4.79 Å². The highest BCUT2D eigenvalue weighted by Gasteiger charge is 2.54. The fourth-order valence-electron chi connectivity index (χ4n) is 14.6. The van der Waals surface area contributed by atoms with Crippen LogP contribution >= 0.6 is 0 Å². The van der Waals surface area contributed by atoms with Gasteiger partial charge >= 0.3 is 0 Å². The molecule has 0 aromatic rings. The summed E-state index contributed by atoms with van der Waals surface area (Å²) in [6, 6.07) is -0.973. The van der Waals surface area contributed by atoms with Crippen LogP contribution in [0, 0.1) is 0 Å². The number of carbonyl (C=O) groups is 1. The highest BCUT2D eigenvalue weighted by atomic mass is 16.8.